The molecule has 4 nitrogen and oxygen atoms in total. The van der Waals surface area contributed by atoms with E-state index in [-0.39, 0.29) is 5.91 Å². The van der Waals surface area contributed by atoms with Gasteiger partial charge in [-0.05, 0) is 68.9 Å². The summed E-state index contributed by atoms with van der Waals surface area (Å²) in [4.78, 5) is 14.6. The molecule has 2 aromatic rings. The Bertz CT molecular complexity index is 726. The lowest BCUT2D eigenvalue weighted by molar-refractivity contribution is 0.0358. The maximum atomic E-state index is 12.7. The molecule has 27 heavy (non-hydrogen) atoms. The molecule has 1 saturated heterocycles. The molecule has 1 N–H and O–H groups in total. The first-order chi connectivity index (χ1) is 12.9. The highest BCUT2D eigenvalue weighted by molar-refractivity contribution is 5.94. The minimum Gasteiger partial charge on any atom is -0.489 e. The summed E-state index contributed by atoms with van der Waals surface area (Å²) in [6.07, 6.45) is 2.70. The number of piperidine rings is 1. The number of aliphatic hydroxyl groups is 1. The van der Waals surface area contributed by atoms with E-state index < -0.39 is 5.60 Å². The number of ether oxygens (including phenoxy) is 1. The van der Waals surface area contributed by atoms with E-state index >= 15 is 0 Å². The predicted octanol–water partition coefficient (Wildman–Crippen LogP) is 4.28. The van der Waals surface area contributed by atoms with Crippen molar-refractivity contribution in [3.63, 3.8) is 0 Å². The molecule has 1 amide bonds. The first kappa shape index (κ1) is 19.4. The Hall–Kier alpha value is -2.33. The molecular weight excluding hydrogens is 338 g/mol. The van der Waals surface area contributed by atoms with Crippen molar-refractivity contribution in [3.05, 3.63) is 65.7 Å². The first-order valence-electron chi connectivity index (χ1n) is 9.69. The van der Waals surface area contributed by atoms with E-state index in [2.05, 4.69) is 0 Å². The van der Waals surface area contributed by atoms with E-state index in [1.807, 2.05) is 73.3 Å². The predicted molar refractivity (Wildman–Crippen MR) is 107 cm³/mol. The second-order valence-corrected chi connectivity index (χ2v) is 8.05. The molecule has 0 aliphatic carbocycles. The largest absolute Gasteiger partial charge is 0.489 e. The summed E-state index contributed by atoms with van der Waals surface area (Å²) in [6, 6.07) is 17.4. The van der Waals surface area contributed by atoms with Gasteiger partial charge in [0.15, 0.2) is 0 Å². The third-order valence-electron chi connectivity index (χ3n) is 5.04. The molecule has 1 aliphatic heterocycles. The summed E-state index contributed by atoms with van der Waals surface area (Å²) >= 11 is 0. The van der Waals surface area contributed by atoms with Gasteiger partial charge in [0.25, 0.3) is 5.91 Å². The van der Waals surface area contributed by atoms with Crippen LogP contribution in [-0.2, 0) is 6.61 Å². The highest BCUT2D eigenvalue weighted by Crippen LogP contribution is 2.27. The standard InChI is InChI=1S/C23H29NO3/c1-23(2,26)16-18-12-14-24(15-13-18)22(25)20-8-10-21(11-9-20)27-17-19-6-4-3-5-7-19/h3-11,18,26H,12-17H2,1-2H3. The zero-order valence-electron chi connectivity index (χ0n) is 16.2. The van der Waals surface area contributed by atoms with Gasteiger partial charge >= 0.3 is 0 Å². The van der Waals surface area contributed by atoms with E-state index in [0.717, 1.165) is 43.7 Å². The summed E-state index contributed by atoms with van der Waals surface area (Å²) in [5.41, 5.74) is 1.18. The van der Waals surface area contributed by atoms with E-state index in [9.17, 15) is 9.90 Å². The van der Waals surface area contributed by atoms with Crippen LogP contribution in [0.3, 0.4) is 0 Å². The fraction of sp³-hybridized carbons (Fsp3) is 0.435. The molecule has 1 fully saturated rings. The lowest BCUT2D eigenvalue weighted by Gasteiger charge is -2.34. The molecule has 0 unspecified atom stereocenters. The number of carbonyl (C=O) groups is 1. The molecule has 3 rings (SSSR count). The molecule has 0 atom stereocenters. The Morgan fingerprint density at radius 1 is 1.07 bits per heavy atom. The van der Waals surface area contributed by atoms with E-state index in [1.165, 1.54) is 0 Å². The third-order valence-corrected chi connectivity index (χ3v) is 5.04. The molecule has 0 radical (unpaired) electrons. The van der Waals surface area contributed by atoms with Crippen molar-refractivity contribution in [3.8, 4) is 5.75 Å². The van der Waals surface area contributed by atoms with Crippen molar-refractivity contribution in [2.24, 2.45) is 5.92 Å². The van der Waals surface area contributed by atoms with Gasteiger partial charge in [-0.3, -0.25) is 4.79 Å². The Balaban J connectivity index is 1.50. The van der Waals surface area contributed by atoms with Crippen LogP contribution in [0, 0.1) is 5.92 Å². The van der Waals surface area contributed by atoms with Crippen LogP contribution in [0.5, 0.6) is 5.75 Å². The maximum absolute atomic E-state index is 12.7. The SMILES string of the molecule is CC(C)(O)CC1CCN(C(=O)c2ccc(OCc3ccccc3)cc2)CC1. The minimum atomic E-state index is -0.633. The topological polar surface area (TPSA) is 49.8 Å². The summed E-state index contributed by atoms with van der Waals surface area (Å²) in [5.74, 6) is 1.33. The van der Waals surface area contributed by atoms with Gasteiger partial charge in [-0.2, -0.15) is 0 Å². The smallest absolute Gasteiger partial charge is 0.253 e. The van der Waals surface area contributed by atoms with Crippen LogP contribution in [0.1, 0.15) is 49.0 Å². The van der Waals surface area contributed by atoms with Crippen molar-refractivity contribution in [2.75, 3.05) is 13.1 Å². The average molecular weight is 367 g/mol. The normalized spacial score (nSPS) is 15.6. The van der Waals surface area contributed by atoms with Crippen LogP contribution in [0.25, 0.3) is 0 Å². The summed E-state index contributed by atoms with van der Waals surface area (Å²) < 4.78 is 5.78. The monoisotopic (exact) mass is 367 g/mol. The van der Waals surface area contributed by atoms with E-state index in [1.54, 1.807) is 0 Å². The van der Waals surface area contributed by atoms with Crippen LogP contribution < -0.4 is 4.74 Å². The zero-order chi connectivity index (χ0) is 19.3. The van der Waals surface area contributed by atoms with Crippen molar-refractivity contribution >= 4 is 5.91 Å². The van der Waals surface area contributed by atoms with Crippen LogP contribution in [-0.4, -0.2) is 34.6 Å². The summed E-state index contributed by atoms with van der Waals surface area (Å²) in [7, 11) is 0. The van der Waals surface area contributed by atoms with E-state index in [4.69, 9.17) is 4.74 Å². The number of hydrogen-bond acceptors (Lipinski definition) is 3. The molecule has 0 bridgehead atoms. The van der Waals surface area contributed by atoms with Crippen molar-refractivity contribution in [1.82, 2.24) is 4.90 Å². The Labute approximate surface area is 161 Å². The first-order valence-corrected chi connectivity index (χ1v) is 9.69. The van der Waals surface area contributed by atoms with Crippen molar-refractivity contribution < 1.29 is 14.6 Å². The van der Waals surface area contributed by atoms with Crippen LogP contribution in [0.2, 0.25) is 0 Å². The number of benzene rings is 2. The van der Waals surface area contributed by atoms with Gasteiger partial charge in [0.2, 0.25) is 0 Å². The van der Waals surface area contributed by atoms with Gasteiger partial charge in [0, 0.05) is 18.7 Å². The number of rotatable bonds is 6. The Kier molecular flexibility index (Phi) is 6.17. The molecule has 144 valence electrons. The second kappa shape index (κ2) is 8.57. The number of carbonyl (C=O) groups excluding carboxylic acids is 1. The minimum absolute atomic E-state index is 0.0753. The Morgan fingerprint density at radius 2 is 1.70 bits per heavy atom. The second-order valence-electron chi connectivity index (χ2n) is 8.05. The van der Waals surface area contributed by atoms with Crippen LogP contribution >= 0.6 is 0 Å². The molecule has 2 aromatic carbocycles. The number of likely N-dealkylation sites (tertiary alicyclic amines) is 1. The van der Waals surface area contributed by atoms with Crippen molar-refractivity contribution in [1.29, 1.82) is 0 Å². The molecule has 0 aromatic heterocycles. The van der Waals surface area contributed by atoms with Gasteiger partial charge in [0.1, 0.15) is 12.4 Å². The number of hydrogen-bond donors (Lipinski definition) is 1. The molecule has 1 aliphatic rings. The molecule has 1 heterocycles. The molecular formula is C23H29NO3. The van der Waals surface area contributed by atoms with E-state index in [0.29, 0.717) is 18.1 Å². The van der Waals surface area contributed by atoms with Gasteiger partial charge < -0.3 is 14.7 Å². The molecule has 4 heteroatoms. The zero-order valence-corrected chi connectivity index (χ0v) is 16.2. The fourth-order valence-corrected chi connectivity index (χ4v) is 3.66. The number of amides is 1. The fourth-order valence-electron chi connectivity index (χ4n) is 3.66. The quantitative estimate of drug-likeness (QED) is 0.829. The Morgan fingerprint density at radius 3 is 2.30 bits per heavy atom. The molecule has 0 saturated carbocycles. The van der Waals surface area contributed by atoms with Gasteiger partial charge in [-0.1, -0.05) is 30.3 Å². The van der Waals surface area contributed by atoms with Gasteiger partial charge in [-0.25, -0.2) is 0 Å². The van der Waals surface area contributed by atoms with Gasteiger partial charge in [0.05, 0.1) is 5.60 Å². The maximum Gasteiger partial charge on any atom is 0.253 e. The van der Waals surface area contributed by atoms with Crippen molar-refractivity contribution in [2.45, 2.75) is 45.3 Å². The highest BCUT2D eigenvalue weighted by atomic mass is 16.5. The van der Waals surface area contributed by atoms with Crippen LogP contribution in [0.4, 0.5) is 0 Å². The average Bonchev–Trinajstić information content (AvgIpc) is 2.66. The van der Waals surface area contributed by atoms with Crippen LogP contribution in [0.15, 0.2) is 54.6 Å². The lowest BCUT2D eigenvalue weighted by Crippen LogP contribution is -2.40. The highest BCUT2D eigenvalue weighted by Gasteiger charge is 2.27. The summed E-state index contributed by atoms with van der Waals surface area (Å²) in [6.45, 7) is 5.73. The van der Waals surface area contributed by atoms with Gasteiger partial charge in [-0.15, -0.1) is 0 Å². The number of nitrogens with zero attached hydrogens (tertiary/aromatic N) is 1. The summed E-state index contributed by atoms with van der Waals surface area (Å²) in [5, 5.41) is 9.97. The lowest BCUT2D eigenvalue weighted by atomic mass is 9.86. The molecule has 0 spiro atoms. The third kappa shape index (κ3) is 5.83.